The summed E-state index contributed by atoms with van der Waals surface area (Å²) < 4.78 is 0. The summed E-state index contributed by atoms with van der Waals surface area (Å²) in [5.74, 6) is 0.606. The minimum Gasteiger partial charge on any atom is -0.393 e. The number of nitrogens with one attached hydrogen (secondary N) is 1. The van der Waals surface area contributed by atoms with Crippen molar-refractivity contribution in [1.82, 2.24) is 5.32 Å². The van der Waals surface area contributed by atoms with Crippen molar-refractivity contribution in [2.75, 3.05) is 6.54 Å². The lowest BCUT2D eigenvalue weighted by molar-refractivity contribution is 0.0130. The molecule has 1 saturated heterocycles. The number of aliphatic hydroxyl groups excluding tert-OH is 1. The molecular weight excluding hydrogens is 102 g/mol. The Morgan fingerprint density at radius 2 is 2.38 bits per heavy atom. The molecule has 2 nitrogen and oxygen atoms in total. The molecule has 0 amide bonds. The lowest BCUT2D eigenvalue weighted by Gasteiger charge is -2.35. The molecule has 46 valence electrons. The highest BCUT2D eigenvalue weighted by Gasteiger charge is 2.42. The Kier molecular flexibility index (Phi) is 0.866. The van der Waals surface area contributed by atoms with Crippen LogP contribution >= 0.6 is 0 Å². The lowest BCUT2D eigenvalue weighted by atomic mass is 9.78. The summed E-state index contributed by atoms with van der Waals surface area (Å²) in [6, 6.07) is 0.671. The Morgan fingerprint density at radius 3 is 2.88 bits per heavy atom. The molecule has 0 spiro atoms. The lowest BCUT2D eigenvalue weighted by Crippen LogP contribution is -2.47. The first-order valence-electron chi connectivity index (χ1n) is 3.29. The van der Waals surface area contributed by atoms with E-state index in [-0.39, 0.29) is 6.10 Å². The van der Waals surface area contributed by atoms with Gasteiger partial charge in [-0.3, -0.25) is 0 Å². The van der Waals surface area contributed by atoms with Crippen molar-refractivity contribution in [3.8, 4) is 0 Å². The standard InChI is InChI=1S/C6H11NO/c8-6-3-5-4(6)1-2-7-5/h4-8H,1-3H2/t4-,5-,6+/m1/s1. The third-order valence-electron chi connectivity index (χ3n) is 2.39. The first kappa shape index (κ1) is 4.77. The molecule has 0 bridgehead atoms. The van der Waals surface area contributed by atoms with Crippen LogP contribution in [0.3, 0.4) is 0 Å². The van der Waals surface area contributed by atoms with Gasteiger partial charge in [-0.05, 0) is 19.4 Å². The molecule has 2 rings (SSSR count). The van der Waals surface area contributed by atoms with Crippen LogP contribution in [0.15, 0.2) is 0 Å². The van der Waals surface area contributed by atoms with Gasteiger partial charge < -0.3 is 10.4 Å². The number of hydrogen-bond donors (Lipinski definition) is 2. The highest BCUT2D eigenvalue weighted by molar-refractivity contribution is 4.98. The van der Waals surface area contributed by atoms with Crippen LogP contribution in [0.25, 0.3) is 0 Å². The van der Waals surface area contributed by atoms with Gasteiger partial charge >= 0.3 is 0 Å². The zero-order valence-corrected chi connectivity index (χ0v) is 4.80. The zero-order valence-electron chi connectivity index (χ0n) is 4.80. The van der Waals surface area contributed by atoms with Crippen molar-refractivity contribution in [3.05, 3.63) is 0 Å². The summed E-state index contributed by atoms with van der Waals surface area (Å²) in [6.07, 6.45) is 2.20. The van der Waals surface area contributed by atoms with Gasteiger partial charge in [-0.25, -0.2) is 0 Å². The quantitative estimate of drug-likeness (QED) is 0.453. The Bertz CT molecular complexity index is 105. The van der Waals surface area contributed by atoms with Crippen molar-refractivity contribution in [3.63, 3.8) is 0 Å². The third-order valence-corrected chi connectivity index (χ3v) is 2.39. The smallest absolute Gasteiger partial charge is 0.0598 e. The molecule has 3 atom stereocenters. The number of fused-ring (bicyclic) bond motifs is 1. The van der Waals surface area contributed by atoms with E-state index in [1.54, 1.807) is 0 Å². The molecule has 1 saturated carbocycles. The molecule has 2 aliphatic rings. The average Bonchev–Trinajstić information content (AvgIpc) is 2.09. The topological polar surface area (TPSA) is 32.3 Å². The molecule has 2 heteroatoms. The molecule has 0 aromatic carbocycles. The SMILES string of the molecule is O[C@H]1C[C@H]2NCC[C@@H]12. The van der Waals surface area contributed by atoms with Crippen LogP contribution in [-0.4, -0.2) is 23.8 Å². The molecular formula is C6H11NO. The monoisotopic (exact) mass is 113 g/mol. The molecule has 0 aromatic heterocycles. The summed E-state index contributed by atoms with van der Waals surface area (Å²) in [4.78, 5) is 0. The Balaban J connectivity index is 2.02. The first-order chi connectivity index (χ1) is 3.88. The largest absolute Gasteiger partial charge is 0.393 e. The van der Waals surface area contributed by atoms with Crippen LogP contribution in [0.4, 0.5) is 0 Å². The Labute approximate surface area is 48.9 Å². The maximum atomic E-state index is 9.08. The maximum absolute atomic E-state index is 9.08. The summed E-state index contributed by atoms with van der Waals surface area (Å²) in [6.45, 7) is 1.12. The van der Waals surface area contributed by atoms with E-state index in [0.717, 1.165) is 13.0 Å². The van der Waals surface area contributed by atoms with Crippen molar-refractivity contribution in [2.45, 2.75) is 25.0 Å². The summed E-state index contributed by atoms with van der Waals surface area (Å²) >= 11 is 0. The van der Waals surface area contributed by atoms with E-state index in [2.05, 4.69) is 5.32 Å². The van der Waals surface area contributed by atoms with Crippen LogP contribution in [0, 0.1) is 5.92 Å². The van der Waals surface area contributed by atoms with Crippen LogP contribution in [0.5, 0.6) is 0 Å². The molecule has 1 aliphatic heterocycles. The summed E-state index contributed by atoms with van der Waals surface area (Å²) in [5.41, 5.74) is 0. The van der Waals surface area contributed by atoms with Crippen LogP contribution in [0.2, 0.25) is 0 Å². The van der Waals surface area contributed by atoms with E-state index < -0.39 is 0 Å². The summed E-state index contributed by atoms with van der Waals surface area (Å²) in [7, 11) is 0. The second kappa shape index (κ2) is 1.45. The zero-order chi connectivity index (χ0) is 5.56. The van der Waals surface area contributed by atoms with Crippen molar-refractivity contribution in [1.29, 1.82) is 0 Å². The maximum Gasteiger partial charge on any atom is 0.0598 e. The van der Waals surface area contributed by atoms with Gasteiger partial charge in [-0.15, -0.1) is 0 Å². The van der Waals surface area contributed by atoms with E-state index in [1.807, 2.05) is 0 Å². The van der Waals surface area contributed by atoms with Gasteiger partial charge in [0.25, 0.3) is 0 Å². The minimum absolute atomic E-state index is 0.0231. The van der Waals surface area contributed by atoms with Gasteiger partial charge in [0.2, 0.25) is 0 Å². The van der Waals surface area contributed by atoms with Crippen molar-refractivity contribution in [2.24, 2.45) is 5.92 Å². The first-order valence-corrected chi connectivity index (χ1v) is 3.29. The van der Waals surface area contributed by atoms with Crippen molar-refractivity contribution < 1.29 is 5.11 Å². The molecule has 1 aliphatic carbocycles. The van der Waals surface area contributed by atoms with Gasteiger partial charge in [0.05, 0.1) is 6.10 Å². The molecule has 8 heavy (non-hydrogen) atoms. The molecule has 0 unspecified atom stereocenters. The van der Waals surface area contributed by atoms with E-state index in [0.29, 0.717) is 12.0 Å². The molecule has 2 N–H and O–H groups in total. The fourth-order valence-electron chi connectivity index (χ4n) is 1.75. The predicted octanol–water partition coefficient (Wildman–Crippen LogP) is -0.271. The highest BCUT2D eigenvalue weighted by Crippen LogP contribution is 2.34. The number of hydrogen-bond acceptors (Lipinski definition) is 2. The predicted molar refractivity (Wildman–Crippen MR) is 30.5 cm³/mol. The van der Waals surface area contributed by atoms with Gasteiger partial charge in [0.15, 0.2) is 0 Å². The van der Waals surface area contributed by atoms with Gasteiger partial charge in [-0.1, -0.05) is 0 Å². The van der Waals surface area contributed by atoms with Crippen molar-refractivity contribution >= 4 is 0 Å². The van der Waals surface area contributed by atoms with Gasteiger partial charge in [0, 0.05) is 12.0 Å². The van der Waals surface area contributed by atoms with Crippen LogP contribution < -0.4 is 5.32 Å². The average molecular weight is 113 g/mol. The Hall–Kier alpha value is -0.0800. The van der Waals surface area contributed by atoms with E-state index >= 15 is 0 Å². The van der Waals surface area contributed by atoms with Gasteiger partial charge in [0.1, 0.15) is 0 Å². The third kappa shape index (κ3) is 0.446. The molecule has 2 fully saturated rings. The minimum atomic E-state index is 0.0231. The fourth-order valence-corrected chi connectivity index (χ4v) is 1.75. The van der Waals surface area contributed by atoms with Gasteiger partial charge in [-0.2, -0.15) is 0 Å². The second-order valence-electron chi connectivity index (χ2n) is 2.82. The molecule has 0 radical (unpaired) electrons. The number of aliphatic hydroxyl groups is 1. The molecule has 0 aromatic rings. The normalized spacial score (nSPS) is 52.9. The van der Waals surface area contributed by atoms with E-state index in [1.165, 1.54) is 6.42 Å². The van der Waals surface area contributed by atoms with E-state index in [4.69, 9.17) is 5.11 Å². The van der Waals surface area contributed by atoms with E-state index in [9.17, 15) is 0 Å². The highest BCUT2D eigenvalue weighted by atomic mass is 16.3. The van der Waals surface area contributed by atoms with Crippen LogP contribution in [0.1, 0.15) is 12.8 Å². The fraction of sp³-hybridized carbons (Fsp3) is 1.00. The molecule has 1 heterocycles. The number of rotatable bonds is 0. The van der Waals surface area contributed by atoms with Crippen LogP contribution in [-0.2, 0) is 0 Å². The second-order valence-corrected chi connectivity index (χ2v) is 2.82. The Morgan fingerprint density at radius 1 is 1.50 bits per heavy atom. The summed E-state index contributed by atoms with van der Waals surface area (Å²) in [5, 5.41) is 12.4.